The molecule has 2 rings (SSSR count). The van der Waals surface area contributed by atoms with Gasteiger partial charge in [0.05, 0.1) is 11.4 Å². The normalized spacial score (nSPS) is 21.5. The molecule has 0 spiro atoms. The Morgan fingerprint density at radius 1 is 1.33 bits per heavy atom. The number of nitrogens with zero attached hydrogens (tertiary/aromatic N) is 2. The fourth-order valence-electron chi connectivity index (χ4n) is 3.44. The Balaban J connectivity index is 1.62. The molecule has 1 fully saturated rings. The zero-order valence-electron chi connectivity index (χ0n) is 15.0. The van der Waals surface area contributed by atoms with Crippen molar-refractivity contribution in [3.05, 3.63) is 22.4 Å². The molecule has 0 bridgehead atoms. The third-order valence-corrected chi connectivity index (χ3v) is 5.24. The number of nitrogens with one attached hydrogen (secondary N) is 1. The van der Waals surface area contributed by atoms with Crippen LogP contribution in [0.1, 0.15) is 36.4 Å². The molecular weight excluding hydrogens is 322 g/mol. The summed E-state index contributed by atoms with van der Waals surface area (Å²) in [5.74, 6) is 1.33. The lowest BCUT2D eigenvalue weighted by Crippen LogP contribution is -2.41. The van der Waals surface area contributed by atoms with Gasteiger partial charge in [0.2, 0.25) is 5.91 Å². The van der Waals surface area contributed by atoms with Gasteiger partial charge in [0.1, 0.15) is 0 Å². The fourth-order valence-corrected chi connectivity index (χ4v) is 4.15. The highest BCUT2D eigenvalue weighted by molar-refractivity contribution is 7.12. The first-order chi connectivity index (χ1) is 11.5. The molecule has 0 saturated carbocycles. The smallest absolute Gasteiger partial charge is 0.264 e. The molecule has 1 N–H and O–H groups in total. The number of piperidine rings is 1. The van der Waals surface area contributed by atoms with Crippen molar-refractivity contribution in [2.24, 2.45) is 11.8 Å². The third kappa shape index (κ3) is 5.91. The van der Waals surface area contributed by atoms with Crippen LogP contribution in [0.4, 0.5) is 0 Å². The first kappa shape index (κ1) is 18.9. The van der Waals surface area contributed by atoms with E-state index in [1.807, 2.05) is 11.4 Å². The molecule has 0 aromatic carbocycles. The maximum Gasteiger partial charge on any atom is 0.264 e. The zero-order chi connectivity index (χ0) is 17.5. The number of likely N-dealkylation sites (N-methyl/N-ethyl adjacent to an activating group) is 1. The molecule has 2 unspecified atom stereocenters. The Morgan fingerprint density at radius 3 is 2.67 bits per heavy atom. The Hall–Kier alpha value is -1.40. The van der Waals surface area contributed by atoms with Gasteiger partial charge in [0.25, 0.3) is 5.91 Å². The van der Waals surface area contributed by atoms with Crippen LogP contribution in [0, 0.1) is 11.8 Å². The van der Waals surface area contributed by atoms with Crippen LogP contribution in [0.3, 0.4) is 0 Å². The molecule has 24 heavy (non-hydrogen) atoms. The molecule has 134 valence electrons. The van der Waals surface area contributed by atoms with E-state index in [2.05, 4.69) is 24.1 Å². The topological polar surface area (TPSA) is 52.7 Å². The number of amides is 2. The van der Waals surface area contributed by atoms with Gasteiger partial charge in [-0.05, 0) is 42.7 Å². The minimum absolute atomic E-state index is 0.0946. The molecule has 1 saturated heterocycles. The van der Waals surface area contributed by atoms with Crippen molar-refractivity contribution >= 4 is 23.2 Å². The number of carbonyl (C=O) groups excluding carboxylic acids is 2. The number of likely N-dealkylation sites (tertiary alicyclic amines) is 1. The molecule has 5 nitrogen and oxygen atoms in total. The molecule has 1 aliphatic heterocycles. The average molecular weight is 352 g/mol. The van der Waals surface area contributed by atoms with Gasteiger partial charge in [-0.3, -0.25) is 9.59 Å². The molecule has 1 aliphatic rings. The summed E-state index contributed by atoms with van der Waals surface area (Å²) in [5.41, 5.74) is 0. The Labute approximate surface area is 149 Å². The SMILES string of the molecule is CC1CC(C)CN(CCCNC(=O)CN(C)C(=O)c2cccs2)C1. The van der Waals surface area contributed by atoms with Gasteiger partial charge in [0.15, 0.2) is 0 Å². The van der Waals surface area contributed by atoms with Gasteiger partial charge in [-0.25, -0.2) is 0 Å². The summed E-state index contributed by atoms with van der Waals surface area (Å²) in [4.78, 5) is 28.7. The number of thiophene rings is 1. The second kappa shape index (κ2) is 9.18. The van der Waals surface area contributed by atoms with Crippen LogP contribution < -0.4 is 5.32 Å². The van der Waals surface area contributed by atoms with Crippen molar-refractivity contribution in [1.82, 2.24) is 15.1 Å². The summed E-state index contributed by atoms with van der Waals surface area (Å²) in [6.45, 7) is 8.75. The van der Waals surface area contributed by atoms with E-state index in [0.717, 1.165) is 37.9 Å². The predicted octanol–water partition coefficient (Wildman–Crippen LogP) is 2.30. The second-order valence-electron chi connectivity index (χ2n) is 7.05. The van der Waals surface area contributed by atoms with Gasteiger partial charge < -0.3 is 15.1 Å². The highest BCUT2D eigenvalue weighted by Gasteiger charge is 2.21. The van der Waals surface area contributed by atoms with E-state index >= 15 is 0 Å². The van der Waals surface area contributed by atoms with E-state index in [9.17, 15) is 9.59 Å². The predicted molar refractivity (Wildman–Crippen MR) is 98.3 cm³/mol. The van der Waals surface area contributed by atoms with Crippen molar-refractivity contribution in [2.75, 3.05) is 39.8 Å². The van der Waals surface area contributed by atoms with E-state index in [0.29, 0.717) is 11.4 Å². The highest BCUT2D eigenvalue weighted by atomic mass is 32.1. The largest absolute Gasteiger partial charge is 0.355 e. The monoisotopic (exact) mass is 351 g/mol. The number of rotatable bonds is 7. The Morgan fingerprint density at radius 2 is 2.04 bits per heavy atom. The molecule has 2 amide bonds. The molecule has 1 aromatic heterocycles. The minimum atomic E-state index is -0.101. The van der Waals surface area contributed by atoms with E-state index in [4.69, 9.17) is 0 Å². The third-order valence-electron chi connectivity index (χ3n) is 4.38. The number of carbonyl (C=O) groups is 2. The number of hydrogen-bond donors (Lipinski definition) is 1. The lowest BCUT2D eigenvalue weighted by atomic mass is 9.92. The summed E-state index contributed by atoms with van der Waals surface area (Å²) >= 11 is 1.40. The van der Waals surface area contributed by atoms with Gasteiger partial charge >= 0.3 is 0 Å². The summed E-state index contributed by atoms with van der Waals surface area (Å²) in [6.07, 6.45) is 2.27. The summed E-state index contributed by atoms with van der Waals surface area (Å²) < 4.78 is 0. The van der Waals surface area contributed by atoms with Crippen molar-refractivity contribution in [2.45, 2.75) is 26.7 Å². The Kier molecular flexibility index (Phi) is 7.24. The molecule has 6 heteroatoms. The van der Waals surface area contributed by atoms with Gasteiger partial charge in [-0.1, -0.05) is 19.9 Å². The van der Waals surface area contributed by atoms with Crippen LogP contribution in [0.5, 0.6) is 0 Å². The quantitative estimate of drug-likeness (QED) is 0.767. The van der Waals surface area contributed by atoms with Crippen molar-refractivity contribution < 1.29 is 9.59 Å². The molecular formula is C18H29N3O2S. The van der Waals surface area contributed by atoms with Gasteiger partial charge in [0, 0.05) is 26.7 Å². The summed E-state index contributed by atoms with van der Waals surface area (Å²) in [5, 5.41) is 4.78. The van der Waals surface area contributed by atoms with Crippen LogP contribution in [0.2, 0.25) is 0 Å². The van der Waals surface area contributed by atoms with E-state index in [1.165, 1.54) is 22.7 Å². The lowest BCUT2D eigenvalue weighted by molar-refractivity contribution is -0.121. The lowest BCUT2D eigenvalue weighted by Gasteiger charge is -2.34. The van der Waals surface area contributed by atoms with Crippen molar-refractivity contribution in [1.29, 1.82) is 0 Å². The van der Waals surface area contributed by atoms with E-state index in [-0.39, 0.29) is 18.4 Å². The standard InChI is InChI=1S/C18H29N3O2S/c1-14-10-15(2)12-21(11-14)8-5-7-19-17(22)13-20(3)18(23)16-6-4-9-24-16/h4,6,9,14-15H,5,7-8,10-13H2,1-3H3,(H,19,22). The first-order valence-corrected chi connectivity index (χ1v) is 9.61. The molecule has 2 atom stereocenters. The maximum absolute atomic E-state index is 12.1. The van der Waals surface area contributed by atoms with Crippen LogP contribution >= 0.6 is 11.3 Å². The molecule has 0 radical (unpaired) electrons. The molecule has 0 aliphatic carbocycles. The van der Waals surface area contributed by atoms with Gasteiger partial charge in [-0.15, -0.1) is 11.3 Å². The van der Waals surface area contributed by atoms with E-state index in [1.54, 1.807) is 13.1 Å². The molecule has 1 aromatic rings. The van der Waals surface area contributed by atoms with Crippen LogP contribution in [0.25, 0.3) is 0 Å². The van der Waals surface area contributed by atoms with Crippen molar-refractivity contribution in [3.63, 3.8) is 0 Å². The van der Waals surface area contributed by atoms with Crippen LogP contribution in [-0.4, -0.2) is 61.4 Å². The van der Waals surface area contributed by atoms with Crippen molar-refractivity contribution in [3.8, 4) is 0 Å². The number of hydrogen-bond acceptors (Lipinski definition) is 4. The maximum atomic E-state index is 12.1. The zero-order valence-corrected chi connectivity index (χ0v) is 15.8. The Bertz CT molecular complexity index is 522. The summed E-state index contributed by atoms with van der Waals surface area (Å²) in [6, 6.07) is 3.62. The fraction of sp³-hybridized carbons (Fsp3) is 0.667. The van der Waals surface area contributed by atoms with Gasteiger partial charge in [-0.2, -0.15) is 0 Å². The first-order valence-electron chi connectivity index (χ1n) is 8.73. The minimum Gasteiger partial charge on any atom is -0.355 e. The van der Waals surface area contributed by atoms with Crippen LogP contribution in [0.15, 0.2) is 17.5 Å². The van der Waals surface area contributed by atoms with E-state index < -0.39 is 0 Å². The summed E-state index contributed by atoms with van der Waals surface area (Å²) in [7, 11) is 1.66. The highest BCUT2D eigenvalue weighted by Crippen LogP contribution is 2.20. The second-order valence-corrected chi connectivity index (χ2v) is 8.00. The average Bonchev–Trinajstić information content (AvgIpc) is 3.04. The molecule has 2 heterocycles. The van der Waals surface area contributed by atoms with Crippen LogP contribution in [-0.2, 0) is 4.79 Å².